The molecule has 1 heterocycles. The number of nitrogen functional groups attached to an aromatic ring is 1. The summed E-state index contributed by atoms with van der Waals surface area (Å²) >= 11 is 1.64. The molecule has 1 aromatic rings. The molecule has 0 fully saturated rings. The van der Waals surface area contributed by atoms with E-state index >= 15 is 0 Å². The fourth-order valence-electron chi connectivity index (χ4n) is 1.52. The van der Waals surface area contributed by atoms with Crippen molar-refractivity contribution in [3.05, 3.63) is 17.7 Å². The molecular formula is C11H15NO3S. The van der Waals surface area contributed by atoms with Crippen molar-refractivity contribution >= 4 is 17.4 Å². The average Bonchev–Trinajstić information content (AvgIpc) is 2.30. The average molecular weight is 241 g/mol. The summed E-state index contributed by atoms with van der Waals surface area (Å²) in [6.45, 7) is 1.35. The van der Waals surface area contributed by atoms with Gasteiger partial charge in [-0.2, -0.15) is 11.8 Å². The monoisotopic (exact) mass is 241 g/mol. The van der Waals surface area contributed by atoms with Gasteiger partial charge in [-0.1, -0.05) is 0 Å². The minimum absolute atomic E-state index is 0.190. The van der Waals surface area contributed by atoms with E-state index in [0.29, 0.717) is 19.0 Å². The van der Waals surface area contributed by atoms with Gasteiger partial charge in [0.15, 0.2) is 11.5 Å². The van der Waals surface area contributed by atoms with Crippen LogP contribution in [0.1, 0.15) is 5.56 Å². The molecule has 0 saturated heterocycles. The first-order chi connectivity index (χ1) is 7.81. The number of anilines is 1. The van der Waals surface area contributed by atoms with Gasteiger partial charge in [-0.3, -0.25) is 0 Å². The standard InChI is InChI=1S/C11H15NO3S/c12-9-6-11-10(14-2-3-15-11)5-8(9)7-16-4-1-13/h5-6,13H,1-4,7,12H2. The molecule has 0 unspecified atom stereocenters. The van der Waals surface area contributed by atoms with E-state index in [4.69, 9.17) is 20.3 Å². The number of fused-ring (bicyclic) bond motifs is 1. The molecule has 16 heavy (non-hydrogen) atoms. The number of hydrogen-bond acceptors (Lipinski definition) is 5. The lowest BCUT2D eigenvalue weighted by Gasteiger charge is -2.20. The van der Waals surface area contributed by atoms with E-state index in [0.717, 1.165) is 28.5 Å². The van der Waals surface area contributed by atoms with Crippen molar-refractivity contribution in [2.45, 2.75) is 5.75 Å². The maximum atomic E-state index is 8.71. The van der Waals surface area contributed by atoms with Crippen LogP contribution in [0.3, 0.4) is 0 Å². The maximum absolute atomic E-state index is 8.71. The van der Waals surface area contributed by atoms with E-state index in [1.54, 1.807) is 11.8 Å². The third-order valence-electron chi connectivity index (χ3n) is 2.30. The quantitative estimate of drug-likeness (QED) is 0.614. The Balaban J connectivity index is 2.12. The first-order valence-corrected chi connectivity index (χ1v) is 6.33. The van der Waals surface area contributed by atoms with Gasteiger partial charge in [0, 0.05) is 23.3 Å². The van der Waals surface area contributed by atoms with Crippen LogP contribution in [0.5, 0.6) is 11.5 Å². The number of thioether (sulfide) groups is 1. The Morgan fingerprint density at radius 2 is 1.94 bits per heavy atom. The molecule has 88 valence electrons. The molecule has 1 aliphatic heterocycles. The SMILES string of the molecule is Nc1cc2c(cc1CSCCO)OCCO2. The molecule has 0 radical (unpaired) electrons. The van der Waals surface area contributed by atoms with Crippen molar-refractivity contribution in [3.8, 4) is 11.5 Å². The largest absolute Gasteiger partial charge is 0.486 e. The number of hydrogen-bond donors (Lipinski definition) is 2. The van der Waals surface area contributed by atoms with Crippen molar-refractivity contribution < 1.29 is 14.6 Å². The van der Waals surface area contributed by atoms with Crippen LogP contribution in [-0.2, 0) is 5.75 Å². The molecule has 3 N–H and O–H groups in total. The van der Waals surface area contributed by atoms with E-state index in [9.17, 15) is 0 Å². The Morgan fingerprint density at radius 1 is 1.25 bits per heavy atom. The molecule has 4 nitrogen and oxygen atoms in total. The van der Waals surface area contributed by atoms with Gasteiger partial charge >= 0.3 is 0 Å². The fraction of sp³-hybridized carbons (Fsp3) is 0.455. The van der Waals surface area contributed by atoms with Crippen molar-refractivity contribution in [1.82, 2.24) is 0 Å². The molecule has 1 aliphatic rings. The second-order valence-corrected chi connectivity index (χ2v) is 4.58. The summed E-state index contributed by atoms with van der Waals surface area (Å²) < 4.78 is 10.9. The molecule has 0 aromatic heterocycles. The van der Waals surface area contributed by atoms with Gasteiger partial charge in [0.25, 0.3) is 0 Å². The molecule has 5 heteroatoms. The van der Waals surface area contributed by atoms with Gasteiger partial charge in [-0.05, 0) is 11.6 Å². The predicted octanol–water partition coefficient (Wildman–Crippen LogP) is 1.27. The van der Waals surface area contributed by atoms with E-state index in [1.165, 1.54) is 0 Å². The molecule has 2 rings (SSSR count). The lowest BCUT2D eigenvalue weighted by molar-refractivity contribution is 0.171. The summed E-state index contributed by atoms with van der Waals surface area (Å²) in [6.07, 6.45) is 0. The number of ether oxygens (including phenoxy) is 2. The van der Waals surface area contributed by atoms with Gasteiger partial charge in [-0.15, -0.1) is 0 Å². The third kappa shape index (κ3) is 2.54. The van der Waals surface area contributed by atoms with E-state index in [-0.39, 0.29) is 6.61 Å². The van der Waals surface area contributed by atoms with E-state index in [1.807, 2.05) is 12.1 Å². The summed E-state index contributed by atoms with van der Waals surface area (Å²) in [5.74, 6) is 2.98. The topological polar surface area (TPSA) is 64.7 Å². The highest BCUT2D eigenvalue weighted by Gasteiger charge is 2.14. The smallest absolute Gasteiger partial charge is 0.163 e. The van der Waals surface area contributed by atoms with Crippen LogP contribution in [-0.4, -0.2) is 30.7 Å². The molecule has 0 amide bonds. The lowest BCUT2D eigenvalue weighted by Crippen LogP contribution is -2.15. The van der Waals surface area contributed by atoms with Crippen LogP contribution in [0.15, 0.2) is 12.1 Å². The van der Waals surface area contributed by atoms with Gasteiger partial charge in [0.05, 0.1) is 6.61 Å². The second kappa shape index (κ2) is 5.32. The Bertz CT molecular complexity index is 370. The molecular weight excluding hydrogens is 226 g/mol. The summed E-state index contributed by atoms with van der Waals surface area (Å²) in [6, 6.07) is 3.73. The third-order valence-corrected chi connectivity index (χ3v) is 3.28. The number of aliphatic hydroxyl groups is 1. The van der Waals surface area contributed by atoms with Gasteiger partial charge in [-0.25, -0.2) is 0 Å². The van der Waals surface area contributed by atoms with Crippen LogP contribution in [0.2, 0.25) is 0 Å². The zero-order valence-electron chi connectivity index (χ0n) is 8.94. The molecule has 0 atom stereocenters. The van der Waals surface area contributed by atoms with Gasteiger partial charge in [0.1, 0.15) is 13.2 Å². The minimum Gasteiger partial charge on any atom is -0.486 e. The van der Waals surface area contributed by atoms with E-state index < -0.39 is 0 Å². The van der Waals surface area contributed by atoms with Crippen molar-refractivity contribution in [2.24, 2.45) is 0 Å². The Labute approximate surface area is 98.7 Å². The zero-order valence-corrected chi connectivity index (χ0v) is 9.76. The Hall–Kier alpha value is -1.07. The van der Waals surface area contributed by atoms with Crippen molar-refractivity contribution in [2.75, 3.05) is 31.3 Å². The summed E-state index contributed by atoms with van der Waals surface area (Å²) in [7, 11) is 0. The lowest BCUT2D eigenvalue weighted by atomic mass is 10.2. The van der Waals surface area contributed by atoms with Crippen LogP contribution in [0.4, 0.5) is 5.69 Å². The van der Waals surface area contributed by atoms with Crippen LogP contribution < -0.4 is 15.2 Å². The first kappa shape index (κ1) is 11.4. The Morgan fingerprint density at radius 3 is 2.62 bits per heavy atom. The summed E-state index contributed by atoms with van der Waals surface area (Å²) in [5.41, 5.74) is 7.66. The van der Waals surface area contributed by atoms with Crippen molar-refractivity contribution in [1.29, 1.82) is 0 Å². The number of rotatable bonds is 4. The minimum atomic E-state index is 0.190. The number of nitrogens with two attached hydrogens (primary N) is 1. The molecule has 0 saturated carbocycles. The van der Waals surface area contributed by atoms with Crippen LogP contribution in [0, 0.1) is 0 Å². The first-order valence-electron chi connectivity index (χ1n) is 5.18. The summed E-state index contributed by atoms with van der Waals surface area (Å²) in [4.78, 5) is 0. The predicted molar refractivity (Wildman–Crippen MR) is 65.1 cm³/mol. The molecule has 0 bridgehead atoms. The molecule has 1 aromatic carbocycles. The maximum Gasteiger partial charge on any atom is 0.163 e. The second-order valence-electron chi connectivity index (χ2n) is 3.47. The normalized spacial score (nSPS) is 13.8. The van der Waals surface area contributed by atoms with Crippen molar-refractivity contribution in [3.63, 3.8) is 0 Å². The molecule has 0 spiro atoms. The Kier molecular flexibility index (Phi) is 3.79. The molecule has 0 aliphatic carbocycles. The number of benzene rings is 1. The zero-order chi connectivity index (χ0) is 11.4. The fourth-order valence-corrected chi connectivity index (χ4v) is 2.26. The van der Waals surface area contributed by atoms with Gasteiger partial charge in [0.2, 0.25) is 0 Å². The van der Waals surface area contributed by atoms with Gasteiger partial charge < -0.3 is 20.3 Å². The van der Waals surface area contributed by atoms with Crippen LogP contribution in [0.25, 0.3) is 0 Å². The highest BCUT2D eigenvalue weighted by Crippen LogP contribution is 2.35. The van der Waals surface area contributed by atoms with E-state index in [2.05, 4.69) is 0 Å². The summed E-state index contributed by atoms with van der Waals surface area (Å²) in [5, 5.41) is 8.71. The highest BCUT2D eigenvalue weighted by molar-refractivity contribution is 7.98. The highest BCUT2D eigenvalue weighted by atomic mass is 32.2. The van der Waals surface area contributed by atoms with Crippen LogP contribution >= 0.6 is 11.8 Å². The number of aliphatic hydroxyl groups excluding tert-OH is 1.